The molecule has 5 fully saturated rings. The van der Waals surface area contributed by atoms with E-state index in [1.54, 1.807) is 37.8 Å². The minimum absolute atomic E-state index is 0.124. The van der Waals surface area contributed by atoms with Gasteiger partial charge in [0.1, 0.15) is 34.7 Å². The van der Waals surface area contributed by atoms with Crippen LogP contribution in [0.4, 0.5) is 4.79 Å². The number of hydrogen-bond acceptors (Lipinski definition) is 8. The highest BCUT2D eigenvalue weighted by Crippen LogP contribution is 2.65. The number of carbonyl (C=O) groups is 3. The molecule has 2 saturated heterocycles. The van der Waals surface area contributed by atoms with E-state index in [9.17, 15) is 14.4 Å². The van der Waals surface area contributed by atoms with Crippen LogP contribution in [0.1, 0.15) is 108 Å². The van der Waals surface area contributed by atoms with E-state index in [0.717, 1.165) is 17.5 Å². The van der Waals surface area contributed by atoms with Gasteiger partial charge < -0.3 is 33.7 Å². The Morgan fingerprint density at radius 2 is 1.63 bits per heavy atom. The Labute approximate surface area is 303 Å². The van der Waals surface area contributed by atoms with E-state index in [4.69, 9.17) is 23.5 Å². The molecule has 2 bridgehead atoms. The van der Waals surface area contributed by atoms with Crippen LogP contribution in [-0.4, -0.2) is 72.1 Å². The molecule has 0 aromatic heterocycles. The molecular weight excluding hydrogens is 647 g/mol. The summed E-state index contributed by atoms with van der Waals surface area (Å²) < 4.78 is 30.8. The summed E-state index contributed by atoms with van der Waals surface area (Å²) >= 11 is 0. The van der Waals surface area contributed by atoms with Gasteiger partial charge in [-0.1, -0.05) is 50.2 Å². The maximum absolute atomic E-state index is 13.7. The van der Waals surface area contributed by atoms with Crippen LogP contribution in [-0.2, 0) is 30.0 Å². The lowest BCUT2D eigenvalue weighted by atomic mass is 9.43. The van der Waals surface area contributed by atoms with Crippen molar-refractivity contribution in [3.8, 4) is 5.75 Å². The quantitative estimate of drug-likeness (QED) is 0.218. The molecule has 3 saturated carbocycles. The van der Waals surface area contributed by atoms with Gasteiger partial charge in [-0.3, -0.25) is 4.79 Å². The topological polar surface area (TPSA) is 113 Å². The molecule has 3 aliphatic carbocycles. The standard InChI is InChI=1S/C40H55BN2O8/c1-24-25(18-19-41-50-31-21-27-20-30(39(27,8)9)40(31,10)51-41)16-17-29(32(24)35(45)48-37(2,3)4)47-28-22-43(23-28)34(44)33(26-14-12-11-13-15-26)42-36(46)49-38(5,6)7/h11-17,27-28,30-31,33H,18-23H2,1-10H3,(H,42,46)/t27-,30-,31+,33-,40-/m0/s1. The molecule has 5 aliphatic rings. The lowest BCUT2D eigenvalue weighted by molar-refractivity contribution is -0.199. The van der Waals surface area contributed by atoms with E-state index in [1.807, 2.05) is 58.0 Å². The van der Waals surface area contributed by atoms with Gasteiger partial charge in [0.15, 0.2) is 0 Å². The summed E-state index contributed by atoms with van der Waals surface area (Å²) in [6, 6.07) is 12.0. The first-order chi connectivity index (χ1) is 23.7. The molecule has 51 heavy (non-hydrogen) atoms. The van der Waals surface area contributed by atoms with Gasteiger partial charge in [-0.25, -0.2) is 9.59 Å². The van der Waals surface area contributed by atoms with Crippen molar-refractivity contribution < 1.29 is 37.9 Å². The Bertz CT molecular complexity index is 1640. The summed E-state index contributed by atoms with van der Waals surface area (Å²) in [6.07, 6.45) is 2.70. The minimum Gasteiger partial charge on any atom is -0.486 e. The number of nitrogens with zero attached hydrogens (tertiary/aromatic N) is 1. The van der Waals surface area contributed by atoms with Crippen LogP contribution in [0.2, 0.25) is 6.32 Å². The second kappa shape index (κ2) is 13.4. The lowest BCUT2D eigenvalue weighted by Crippen LogP contribution is -2.65. The molecule has 2 aromatic carbocycles. The van der Waals surface area contributed by atoms with E-state index < -0.39 is 29.3 Å². The molecule has 7 rings (SSSR count). The number of alkyl carbamates (subject to hydrolysis) is 1. The molecule has 2 aromatic rings. The van der Waals surface area contributed by atoms with Crippen molar-refractivity contribution in [1.29, 1.82) is 0 Å². The molecular formula is C40H55BN2O8. The second-order valence-electron chi connectivity index (χ2n) is 17.6. The van der Waals surface area contributed by atoms with Crippen molar-refractivity contribution >= 4 is 25.1 Å². The average molecular weight is 703 g/mol. The maximum Gasteiger partial charge on any atom is 0.457 e. The van der Waals surface area contributed by atoms with Gasteiger partial charge in [-0.2, -0.15) is 0 Å². The Morgan fingerprint density at radius 3 is 2.25 bits per heavy atom. The number of ether oxygens (including phenoxy) is 3. The van der Waals surface area contributed by atoms with Gasteiger partial charge in [-0.15, -0.1) is 0 Å². The Hall–Kier alpha value is -3.57. The smallest absolute Gasteiger partial charge is 0.457 e. The third-order valence-corrected chi connectivity index (χ3v) is 11.3. The number of likely N-dealkylation sites (tertiary alicyclic amines) is 1. The zero-order chi connectivity index (χ0) is 37.1. The summed E-state index contributed by atoms with van der Waals surface area (Å²) in [7, 11) is -0.293. The summed E-state index contributed by atoms with van der Waals surface area (Å²) in [6.45, 7) is 20.3. The van der Waals surface area contributed by atoms with Crippen LogP contribution < -0.4 is 10.1 Å². The lowest BCUT2D eigenvalue weighted by Gasteiger charge is -2.64. The summed E-state index contributed by atoms with van der Waals surface area (Å²) in [5, 5.41) is 2.75. The van der Waals surface area contributed by atoms with Crippen LogP contribution in [0.3, 0.4) is 0 Å². The highest BCUT2D eigenvalue weighted by molar-refractivity contribution is 6.45. The number of carbonyl (C=O) groups excluding carboxylic acids is 3. The molecule has 276 valence electrons. The summed E-state index contributed by atoms with van der Waals surface area (Å²) in [4.78, 5) is 41.7. The average Bonchev–Trinajstić information content (AvgIpc) is 3.35. The highest BCUT2D eigenvalue weighted by Gasteiger charge is 2.67. The van der Waals surface area contributed by atoms with Gasteiger partial charge in [-0.05, 0) is 121 Å². The van der Waals surface area contributed by atoms with Crippen molar-refractivity contribution in [1.82, 2.24) is 10.2 Å². The minimum atomic E-state index is -0.919. The SMILES string of the molecule is Cc1c(CCB2O[C@@H]3C[C@@H]4C[C@@H](C4(C)C)[C@]3(C)O2)ccc(OC2CN(C(=O)[C@@H](NC(=O)OC(C)(C)C)c3ccccc3)C2)c1C(=O)OC(C)(C)C. The first-order valence-electron chi connectivity index (χ1n) is 18.4. The fourth-order valence-corrected chi connectivity index (χ4v) is 8.44. The maximum atomic E-state index is 13.7. The zero-order valence-electron chi connectivity index (χ0n) is 32.0. The monoisotopic (exact) mass is 702 g/mol. The third-order valence-electron chi connectivity index (χ3n) is 11.3. The number of benzene rings is 2. The zero-order valence-corrected chi connectivity index (χ0v) is 32.0. The van der Waals surface area contributed by atoms with Gasteiger partial charge in [0.25, 0.3) is 0 Å². The third kappa shape index (κ3) is 7.66. The molecule has 10 nitrogen and oxygen atoms in total. The Balaban J connectivity index is 1.13. The molecule has 2 amide bonds. The normalized spacial score (nSPS) is 26.0. The molecule has 1 N–H and O–H groups in total. The molecule has 2 aliphatic heterocycles. The molecule has 11 heteroatoms. The predicted molar refractivity (Wildman–Crippen MR) is 195 cm³/mol. The largest absolute Gasteiger partial charge is 0.486 e. The van der Waals surface area contributed by atoms with Gasteiger partial charge in [0.05, 0.1) is 24.8 Å². The first kappa shape index (κ1) is 37.2. The van der Waals surface area contributed by atoms with E-state index in [2.05, 4.69) is 26.1 Å². The molecule has 2 heterocycles. The van der Waals surface area contributed by atoms with Gasteiger partial charge in [0, 0.05) is 0 Å². The molecule has 5 atom stereocenters. The number of aryl methyl sites for hydroxylation is 1. The van der Waals surface area contributed by atoms with E-state index in [1.165, 1.54) is 6.42 Å². The van der Waals surface area contributed by atoms with Crippen molar-refractivity contribution in [3.05, 3.63) is 64.7 Å². The van der Waals surface area contributed by atoms with Gasteiger partial charge in [0.2, 0.25) is 5.91 Å². The molecule has 0 spiro atoms. The van der Waals surface area contributed by atoms with Crippen LogP contribution in [0.15, 0.2) is 42.5 Å². The molecule has 0 unspecified atom stereocenters. The fraction of sp³-hybridized carbons (Fsp3) is 0.625. The second-order valence-corrected chi connectivity index (χ2v) is 17.6. The predicted octanol–water partition coefficient (Wildman–Crippen LogP) is 7.08. The Kier molecular flexibility index (Phi) is 9.81. The number of nitrogens with one attached hydrogen (secondary N) is 1. The van der Waals surface area contributed by atoms with E-state index in [-0.39, 0.29) is 36.2 Å². The van der Waals surface area contributed by atoms with Crippen LogP contribution >= 0.6 is 0 Å². The number of rotatable bonds is 9. The van der Waals surface area contributed by atoms with Crippen molar-refractivity contribution in [2.24, 2.45) is 17.3 Å². The summed E-state index contributed by atoms with van der Waals surface area (Å²) in [5.41, 5.74) is 1.45. The van der Waals surface area contributed by atoms with Crippen molar-refractivity contribution in [2.45, 2.75) is 130 Å². The number of esters is 1. The van der Waals surface area contributed by atoms with E-state index in [0.29, 0.717) is 54.5 Å². The number of amides is 2. The number of hydrogen-bond donors (Lipinski definition) is 1. The van der Waals surface area contributed by atoms with Crippen LogP contribution in [0, 0.1) is 24.2 Å². The Morgan fingerprint density at radius 1 is 0.961 bits per heavy atom. The van der Waals surface area contributed by atoms with Gasteiger partial charge >= 0.3 is 19.2 Å². The van der Waals surface area contributed by atoms with Crippen molar-refractivity contribution in [2.75, 3.05) is 13.1 Å². The highest BCUT2D eigenvalue weighted by atomic mass is 16.7. The first-order valence-corrected chi connectivity index (χ1v) is 18.4. The van der Waals surface area contributed by atoms with E-state index >= 15 is 0 Å². The van der Waals surface area contributed by atoms with Crippen LogP contribution in [0.25, 0.3) is 0 Å². The fourth-order valence-electron chi connectivity index (χ4n) is 8.44. The van der Waals surface area contributed by atoms with Crippen LogP contribution in [0.5, 0.6) is 5.75 Å². The van der Waals surface area contributed by atoms with Crippen molar-refractivity contribution in [3.63, 3.8) is 0 Å². The summed E-state index contributed by atoms with van der Waals surface area (Å²) in [5.74, 6) is 0.886. The molecule has 0 radical (unpaired) electrons.